The summed E-state index contributed by atoms with van der Waals surface area (Å²) in [7, 11) is 0. The molecular weight excluding hydrogens is 410 g/mol. The summed E-state index contributed by atoms with van der Waals surface area (Å²) in [6.45, 7) is 12.2. The van der Waals surface area contributed by atoms with Gasteiger partial charge < -0.3 is 24.7 Å². The molecule has 1 aliphatic rings. The highest BCUT2D eigenvalue weighted by atomic mass is 16.5. The number of piperidine rings is 1. The van der Waals surface area contributed by atoms with E-state index >= 15 is 0 Å². The van der Waals surface area contributed by atoms with Gasteiger partial charge in [-0.05, 0) is 71.4 Å². The molecule has 8 heteroatoms. The highest BCUT2D eigenvalue weighted by Crippen LogP contribution is 2.22. The summed E-state index contributed by atoms with van der Waals surface area (Å²) in [4.78, 5) is 42.3. The Labute approximate surface area is 191 Å². The number of amides is 2. The Hall–Kier alpha value is -2.35. The van der Waals surface area contributed by atoms with Crippen LogP contribution in [0.5, 0.6) is 0 Å². The Kier molecular flexibility index (Phi) is 10.2. The van der Waals surface area contributed by atoms with Crippen LogP contribution in [0.25, 0.3) is 0 Å². The maximum Gasteiger partial charge on any atom is 0.355 e. The number of aryl methyl sites for hydroxylation is 1. The van der Waals surface area contributed by atoms with Gasteiger partial charge in [0.05, 0.1) is 18.6 Å². The standard InChI is InChI=1S/C24H39N3O5/c1-6-31-24(30)22-17(4)20(18(5)26-22)10-11-21(28)27-13-7-9-19(15-27)23(29)25-12-8-14-32-16(2)3/h16,19,26H,6-15H2,1-5H3,(H,25,29). The minimum atomic E-state index is -0.369. The topological polar surface area (TPSA) is 101 Å². The Morgan fingerprint density at radius 2 is 2.00 bits per heavy atom. The summed E-state index contributed by atoms with van der Waals surface area (Å²) in [6.07, 6.45) is 3.51. The molecule has 180 valence electrons. The molecule has 32 heavy (non-hydrogen) atoms. The summed E-state index contributed by atoms with van der Waals surface area (Å²) in [5, 5.41) is 2.98. The lowest BCUT2D eigenvalue weighted by atomic mass is 9.96. The number of aromatic nitrogens is 1. The molecule has 1 aromatic heterocycles. The second-order valence-electron chi connectivity index (χ2n) is 8.69. The zero-order valence-electron chi connectivity index (χ0n) is 20.2. The first-order valence-corrected chi connectivity index (χ1v) is 11.8. The lowest BCUT2D eigenvalue weighted by Gasteiger charge is -2.32. The van der Waals surface area contributed by atoms with Crippen LogP contribution in [0, 0.1) is 19.8 Å². The fourth-order valence-corrected chi connectivity index (χ4v) is 4.13. The number of likely N-dealkylation sites (tertiary alicyclic amines) is 1. The van der Waals surface area contributed by atoms with Crippen LogP contribution in [0.2, 0.25) is 0 Å². The molecule has 8 nitrogen and oxygen atoms in total. The van der Waals surface area contributed by atoms with Crippen molar-refractivity contribution in [3.63, 3.8) is 0 Å². The van der Waals surface area contributed by atoms with Gasteiger partial charge in [-0.25, -0.2) is 4.79 Å². The Bertz CT molecular complexity index is 787. The molecule has 1 fully saturated rings. The predicted octanol–water partition coefficient (Wildman–Crippen LogP) is 2.91. The van der Waals surface area contributed by atoms with Crippen LogP contribution in [0.1, 0.15) is 73.8 Å². The molecule has 0 aliphatic carbocycles. The zero-order valence-corrected chi connectivity index (χ0v) is 20.2. The smallest absolute Gasteiger partial charge is 0.355 e. The van der Waals surface area contributed by atoms with Crippen LogP contribution in [-0.4, -0.2) is 66.6 Å². The molecule has 2 N–H and O–H groups in total. The molecule has 1 atom stereocenters. The number of esters is 1. The fourth-order valence-electron chi connectivity index (χ4n) is 4.13. The molecule has 1 aliphatic heterocycles. The number of nitrogens with one attached hydrogen (secondary N) is 2. The maximum atomic E-state index is 12.8. The minimum absolute atomic E-state index is 0.0171. The van der Waals surface area contributed by atoms with E-state index in [4.69, 9.17) is 9.47 Å². The third kappa shape index (κ3) is 7.36. The van der Waals surface area contributed by atoms with Crippen molar-refractivity contribution in [1.82, 2.24) is 15.2 Å². The van der Waals surface area contributed by atoms with Gasteiger partial charge in [-0.15, -0.1) is 0 Å². The number of hydrogen-bond acceptors (Lipinski definition) is 5. The Morgan fingerprint density at radius 1 is 1.25 bits per heavy atom. The Balaban J connectivity index is 1.84. The van der Waals surface area contributed by atoms with Crippen LogP contribution < -0.4 is 5.32 Å². The molecular formula is C24H39N3O5. The van der Waals surface area contributed by atoms with Crippen LogP contribution >= 0.6 is 0 Å². The van der Waals surface area contributed by atoms with E-state index in [2.05, 4.69) is 10.3 Å². The summed E-state index contributed by atoms with van der Waals surface area (Å²) in [5.41, 5.74) is 3.17. The second kappa shape index (κ2) is 12.6. The molecule has 0 radical (unpaired) electrons. The van der Waals surface area contributed by atoms with Gasteiger partial charge in [0.25, 0.3) is 0 Å². The van der Waals surface area contributed by atoms with Crippen molar-refractivity contribution in [2.45, 2.75) is 72.8 Å². The van der Waals surface area contributed by atoms with Gasteiger partial charge in [0.15, 0.2) is 0 Å². The van der Waals surface area contributed by atoms with E-state index in [0.717, 1.165) is 36.1 Å². The monoisotopic (exact) mass is 449 g/mol. The second-order valence-corrected chi connectivity index (χ2v) is 8.69. The number of ether oxygens (including phenoxy) is 2. The number of rotatable bonds is 11. The molecule has 0 saturated carbocycles. The number of hydrogen-bond donors (Lipinski definition) is 2. The van der Waals surface area contributed by atoms with Crippen molar-refractivity contribution in [3.8, 4) is 0 Å². The maximum absolute atomic E-state index is 12.8. The van der Waals surface area contributed by atoms with E-state index in [-0.39, 0.29) is 29.8 Å². The lowest BCUT2D eigenvalue weighted by molar-refractivity contribution is -0.135. The van der Waals surface area contributed by atoms with E-state index in [1.54, 1.807) is 11.8 Å². The van der Waals surface area contributed by atoms with Gasteiger partial charge in [0.1, 0.15) is 5.69 Å². The molecule has 1 unspecified atom stereocenters. The van der Waals surface area contributed by atoms with Gasteiger partial charge >= 0.3 is 5.97 Å². The van der Waals surface area contributed by atoms with Crippen LogP contribution in [-0.2, 0) is 25.5 Å². The number of carbonyl (C=O) groups is 3. The van der Waals surface area contributed by atoms with Gasteiger partial charge in [0.2, 0.25) is 11.8 Å². The average molecular weight is 450 g/mol. The first-order chi connectivity index (χ1) is 15.2. The average Bonchev–Trinajstić information content (AvgIpc) is 3.05. The van der Waals surface area contributed by atoms with Crippen LogP contribution in [0.3, 0.4) is 0 Å². The van der Waals surface area contributed by atoms with E-state index < -0.39 is 0 Å². The number of carbonyl (C=O) groups excluding carboxylic acids is 3. The molecule has 1 aromatic rings. The molecule has 2 amide bonds. The molecule has 2 rings (SSSR count). The van der Waals surface area contributed by atoms with Crippen molar-refractivity contribution < 1.29 is 23.9 Å². The number of nitrogens with zero attached hydrogens (tertiary/aromatic N) is 1. The van der Waals surface area contributed by atoms with Gasteiger partial charge in [-0.2, -0.15) is 0 Å². The zero-order chi connectivity index (χ0) is 23.7. The molecule has 1 saturated heterocycles. The first-order valence-electron chi connectivity index (χ1n) is 11.8. The first kappa shape index (κ1) is 25.9. The lowest BCUT2D eigenvalue weighted by Crippen LogP contribution is -2.45. The van der Waals surface area contributed by atoms with Crippen molar-refractivity contribution in [3.05, 3.63) is 22.5 Å². The highest BCUT2D eigenvalue weighted by molar-refractivity contribution is 5.90. The van der Waals surface area contributed by atoms with E-state index in [0.29, 0.717) is 51.4 Å². The van der Waals surface area contributed by atoms with Crippen molar-refractivity contribution in [2.24, 2.45) is 5.92 Å². The summed E-state index contributed by atoms with van der Waals surface area (Å²) >= 11 is 0. The van der Waals surface area contributed by atoms with E-state index in [1.807, 2.05) is 27.7 Å². The van der Waals surface area contributed by atoms with Crippen LogP contribution in [0.4, 0.5) is 0 Å². The minimum Gasteiger partial charge on any atom is -0.461 e. The third-order valence-corrected chi connectivity index (χ3v) is 5.88. The summed E-state index contributed by atoms with van der Waals surface area (Å²) in [5.74, 6) is -0.467. The third-order valence-electron chi connectivity index (χ3n) is 5.88. The number of aromatic amines is 1. The SMILES string of the molecule is CCOC(=O)c1[nH]c(C)c(CCC(=O)N2CCCC(C(=O)NCCCOC(C)C)C2)c1C. The number of H-pyrrole nitrogens is 1. The quantitative estimate of drug-likeness (QED) is 0.400. The molecule has 0 spiro atoms. The largest absolute Gasteiger partial charge is 0.461 e. The highest BCUT2D eigenvalue weighted by Gasteiger charge is 2.28. The van der Waals surface area contributed by atoms with E-state index in [9.17, 15) is 14.4 Å². The molecule has 0 bridgehead atoms. The van der Waals surface area contributed by atoms with Crippen LogP contribution in [0.15, 0.2) is 0 Å². The van der Waals surface area contributed by atoms with Crippen molar-refractivity contribution >= 4 is 17.8 Å². The van der Waals surface area contributed by atoms with Gasteiger partial charge in [-0.3, -0.25) is 9.59 Å². The predicted molar refractivity (Wildman–Crippen MR) is 123 cm³/mol. The van der Waals surface area contributed by atoms with Gasteiger partial charge in [-0.1, -0.05) is 0 Å². The van der Waals surface area contributed by atoms with E-state index in [1.165, 1.54) is 0 Å². The summed E-state index contributed by atoms with van der Waals surface area (Å²) < 4.78 is 10.6. The molecule has 0 aromatic carbocycles. The molecule has 2 heterocycles. The fraction of sp³-hybridized carbons (Fsp3) is 0.708. The van der Waals surface area contributed by atoms with Crippen molar-refractivity contribution in [2.75, 3.05) is 32.8 Å². The van der Waals surface area contributed by atoms with Crippen molar-refractivity contribution in [1.29, 1.82) is 0 Å². The van der Waals surface area contributed by atoms with Gasteiger partial charge in [0, 0.05) is 38.4 Å². The normalized spacial score (nSPS) is 16.3. The Morgan fingerprint density at radius 3 is 2.69 bits per heavy atom. The summed E-state index contributed by atoms with van der Waals surface area (Å²) in [6, 6.07) is 0.